The van der Waals surface area contributed by atoms with Crippen molar-refractivity contribution in [3.63, 3.8) is 0 Å². The number of hydrogen-bond donors (Lipinski definition) is 1. The van der Waals surface area contributed by atoms with Crippen molar-refractivity contribution in [1.29, 1.82) is 0 Å². The van der Waals surface area contributed by atoms with Crippen LogP contribution in [0.3, 0.4) is 0 Å². The summed E-state index contributed by atoms with van der Waals surface area (Å²) in [5.41, 5.74) is 1.38. The van der Waals surface area contributed by atoms with Gasteiger partial charge in [-0.15, -0.1) is 6.58 Å². The number of phenols is 1. The van der Waals surface area contributed by atoms with Crippen molar-refractivity contribution < 1.29 is 14.6 Å². The molecule has 0 aliphatic rings. The summed E-state index contributed by atoms with van der Waals surface area (Å²) in [5.74, 6) is 0.293. The number of carbonyl (C=O) groups excluding carboxylic acids is 1. The number of carbonyl (C=O) groups is 1. The summed E-state index contributed by atoms with van der Waals surface area (Å²) in [6, 6.07) is 12.1. The minimum Gasteiger partial charge on any atom is -0.507 e. The predicted octanol–water partition coefficient (Wildman–Crippen LogP) is 3.36. The van der Waals surface area contributed by atoms with Crippen LogP contribution in [0.15, 0.2) is 55.1 Å². The van der Waals surface area contributed by atoms with E-state index in [9.17, 15) is 9.90 Å². The second-order valence-corrected chi connectivity index (χ2v) is 4.33. The highest BCUT2D eigenvalue weighted by atomic mass is 16.5. The molecule has 2 aromatic rings. The molecule has 102 valence electrons. The van der Waals surface area contributed by atoms with Gasteiger partial charge in [-0.25, -0.2) is 0 Å². The maximum atomic E-state index is 12.4. The minimum atomic E-state index is -0.212. The van der Waals surface area contributed by atoms with E-state index in [0.717, 1.165) is 0 Å². The summed E-state index contributed by atoms with van der Waals surface area (Å²) in [5, 5.41) is 10.3. The summed E-state index contributed by atoms with van der Waals surface area (Å²) < 4.78 is 5.20. The molecule has 3 nitrogen and oxygen atoms in total. The fourth-order valence-electron chi connectivity index (χ4n) is 2.08. The van der Waals surface area contributed by atoms with E-state index in [-0.39, 0.29) is 17.1 Å². The zero-order valence-electron chi connectivity index (χ0n) is 11.3. The van der Waals surface area contributed by atoms with Crippen molar-refractivity contribution in [2.45, 2.75) is 6.42 Å². The first-order chi connectivity index (χ1) is 9.69. The molecule has 0 heterocycles. The van der Waals surface area contributed by atoms with Gasteiger partial charge in [0.2, 0.25) is 0 Å². The summed E-state index contributed by atoms with van der Waals surface area (Å²) in [6.07, 6.45) is 2.10. The van der Waals surface area contributed by atoms with Gasteiger partial charge in [0.25, 0.3) is 0 Å². The Morgan fingerprint density at radius 1 is 1.25 bits per heavy atom. The van der Waals surface area contributed by atoms with Gasteiger partial charge in [-0.3, -0.25) is 4.79 Å². The van der Waals surface area contributed by atoms with E-state index in [1.807, 2.05) is 6.07 Å². The Morgan fingerprint density at radius 3 is 2.55 bits per heavy atom. The normalized spacial score (nSPS) is 10.1. The Kier molecular flexibility index (Phi) is 4.20. The third-order valence-corrected chi connectivity index (χ3v) is 3.09. The molecule has 0 fully saturated rings. The number of methoxy groups -OCH3 is 1. The van der Waals surface area contributed by atoms with Gasteiger partial charge < -0.3 is 9.84 Å². The number of ether oxygens (including phenoxy) is 1. The molecular formula is C17H16O3. The second-order valence-electron chi connectivity index (χ2n) is 4.33. The van der Waals surface area contributed by atoms with Crippen LogP contribution in [-0.2, 0) is 6.42 Å². The van der Waals surface area contributed by atoms with Crippen LogP contribution in [0, 0.1) is 0 Å². The topological polar surface area (TPSA) is 46.5 Å². The van der Waals surface area contributed by atoms with Gasteiger partial charge in [-0.05, 0) is 18.6 Å². The number of phenolic OH excluding ortho intramolecular Hbond substituents is 1. The Hall–Kier alpha value is -2.55. The van der Waals surface area contributed by atoms with Crippen molar-refractivity contribution in [3.05, 3.63) is 71.8 Å². The standard InChI is InChI=1S/C17H16O3/c1-3-7-13-15(20-2)11-10-14(17(13)19)16(18)12-8-5-4-6-9-12/h3-6,8-11,19H,1,7H2,2H3. The zero-order valence-corrected chi connectivity index (χ0v) is 11.3. The maximum Gasteiger partial charge on any atom is 0.196 e. The van der Waals surface area contributed by atoms with E-state index in [2.05, 4.69) is 6.58 Å². The SMILES string of the molecule is C=CCc1c(OC)ccc(C(=O)c2ccccc2)c1O. The van der Waals surface area contributed by atoms with Crippen LogP contribution in [0.25, 0.3) is 0 Å². The summed E-state index contributed by atoms with van der Waals surface area (Å²) in [4.78, 5) is 12.4. The fraction of sp³-hybridized carbons (Fsp3) is 0.118. The third kappa shape index (κ3) is 2.57. The highest BCUT2D eigenvalue weighted by molar-refractivity contribution is 6.11. The summed E-state index contributed by atoms with van der Waals surface area (Å²) >= 11 is 0. The molecule has 1 N–H and O–H groups in total. The van der Waals surface area contributed by atoms with Crippen molar-refractivity contribution in [2.24, 2.45) is 0 Å². The van der Waals surface area contributed by atoms with Crippen molar-refractivity contribution in [2.75, 3.05) is 7.11 Å². The fourth-order valence-corrected chi connectivity index (χ4v) is 2.08. The average Bonchev–Trinajstić information content (AvgIpc) is 2.49. The highest BCUT2D eigenvalue weighted by Crippen LogP contribution is 2.33. The quantitative estimate of drug-likeness (QED) is 0.668. The molecule has 0 bridgehead atoms. The van der Waals surface area contributed by atoms with Gasteiger partial charge in [0.05, 0.1) is 12.7 Å². The largest absolute Gasteiger partial charge is 0.507 e. The van der Waals surface area contributed by atoms with Crippen LogP contribution in [0.1, 0.15) is 21.5 Å². The molecule has 2 rings (SSSR count). The number of rotatable bonds is 5. The first-order valence-electron chi connectivity index (χ1n) is 6.28. The maximum absolute atomic E-state index is 12.4. The molecule has 3 heteroatoms. The lowest BCUT2D eigenvalue weighted by atomic mass is 9.98. The molecule has 0 aromatic heterocycles. The van der Waals surface area contributed by atoms with Gasteiger partial charge in [-0.1, -0.05) is 36.4 Å². The van der Waals surface area contributed by atoms with Crippen LogP contribution in [0.5, 0.6) is 11.5 Å². The number of hydrogen-bond acceptors (Lipinski definition) is 3. The Balaban J connectivity index is 2.50. The van der Waals surface area contributed by atoms with Crippen LogP contribution in [-0.4, -0.2) is 18.0 Å². The summed E-state index contributed by atoms with van der Waals surface area (Å²) in [7, 11) is 1.53. The Morgan fingerprint density at radius 2 is 1.95 bits per heavy atom. The van der Waals surface area contributed by atoms with Crippen LogP contribution in [0.2, 0.25) is 0 Å². The van der Waals surface area contributed by atoms with Gasteiger partial charge >= 0.3 is 0 Å². The smallest absolute Gasteiger partial charge is 0.196 e. The van der Waals surface area contributed by atoms with Crippen LogP contribution in [0.4, 0.5) is 0 Å². The number of allylic oxidation sites excluding steroid dienone is 1. The molecule has 0 radical (unpaired) electrons. The Labute approximate surface area is 118 Å². The molecular weight excluding hydrogens is 252 g/mol. The molecule has 20 heavy (non-hydrogen) atoms. The van der Waals surface area contributed by atoms with Crippen LogP contribution >= 0.6 is 0 Å². The van der Waals surface area contributed by atoms with E-state index in [4.69, 9.17) is 4.74 Å². The zero-order chi connectivity index (χ0) is 14.5. The monoisotopic (exact) mass is 268 g/mol. The van der Waals surface area contributed by atoms with Gasteiger partial charge in [-0.2, -0.15) is 0 Å². The van der Waals surface area contributed by atoms with E-state index in [1.54, 1.807) is 42.5 Å². The molecule has 0 aliphatic carbocycles. The molecule has 0 unspecified atom stereocenters. The van der Waals surface area contributed by atoms with E-state index in [0.29, 0.717) is 23.3 Å². The lowest BCUT2D eigenvalue weighted by molar-refractivity contribution is 0.103. The third-order valence-electron chi connectivity index (χ3n) is 3.09. The first-order valence-corrected chi connectivity index (χ1v) is 6.28. The van der Waals surface area contributed by atoms with Crippen LogP contribution < -0.4 is 4.74 Å². The van der Waals surface area contributed by atoms with Crippen molar-refractivity contribution >= 4 is 5.78 Å². The van der Waals surface area contributed by atoms with Gasteiger partial charge in [0, 0.05) is 11.1 Å². The van der Waals surface area contributed by atoms with E-state index < -0.39 is 0 Å². The molecule has 0 saturated carbocycles. The Bertz CT molecular complexity index is 630. The van der Waals surface area contributed by atoms with Gasteiger partial charge in [0.1, 0.15) is 11.5 Å². The van der Waals surface area contributed by atoms with E-state index >= 15 is 0 Å². The van der Waals surface area contributed by atoms with Gasteiger partial charge in [0.15, 0.2) is 5.78 Å². The molecule has 0 saturated heterocycles. The summed E-state index contributed by atoms with van der Waals surface area (Å²) in [6.45, 7) is 3.65. The first kappa shape index (κ1) is 13.9. The number of benzene rings is 2. The predicted molar refractivity (Wildman–Crippen MR) is 78.4 cm³/mol. The lowest BCUT2D eigenvalue weighted by Gasteiger charge is -2.12. The number of ketones is 1. The molecule has 0 spiro atoms. The molecule has 0 atom stereocenters. The lowest BCUT2D eigenvalue weighted by Crippen LogP contribution is -2.04. The second kappa shape index (κ2) is 6.06. The molecule has 0 aliphatic heterocycles. The average molecular weight is 268 g/mol. The molecule has 2 aromatic carbocycles. The van der Waals surface area contributed by atoms with Crippen molar-refractivity contribution in [3.8, 4) is 11.5 Å². The van der Waals surface area contributed by atoms with Crippen molar-refractivity contribution in [1.82, 2.24) is 0 Å². The highest BCUT2D eigenvalue weighted by Gasteiger charge is 2.18. The minimum absolute atomic E-state index is 0.0434. The number of aromatic hydroxyl groups is 1. The molecule has 0 amide bonds. The van der Waals surface area contributed by atoms with E-state index in [1.165, 1.54) is 7.11 Å².